The Kier molecular flexibility index (Phi) is 5.45. The predicted molar refractivity (Wildman–Crippen MR) is 71.0 cm³/mol. The predicted octanol–water partition coefficient (Wildman–Crippen LogP) is 1.90. The molecule has 3 nitrogen and oxygen atoms in total. The third-order valence-electron chi connectivity index (χ3n) is 2.81. The molecule has 0 aliphatic heterocycles. The summed E-state index contributed by atoms with van der Waals surface area (Å²) in [5.41, 5.74) is 0.941. The molecular formula is C13H17FN2OS. The molecule has 0 heterocycles. The topological polar surface area (TPSA) is 44.1 Å². The van der Waals surface area contributed by atoms with Gasteiger partial charge in [0.25, 0.3) is 0 Å². The van der Waals surface area contributed by atoms with Gasteiger partial charge in [0.1, 0.15) is 11.9 Å². The molecule has 18 heavy (non-hydrogen) atoms. The second kappa shape index (κ2) is 6.62. The molecule has 0 aromatic heterocycles. The highest BCUT2D eigenvalue weighted by Gasteiger charge is 2.12. The van der Waals surface area contributed by atoms with Crippen LogP contribution in [0.25, 0.3) is 0 Å². The summed E-state index contributed by atoms with van der Waals surface area (Å²) < 4.78 is 24.3. The Morgan fingerprint density at radius 3 is 2.78 bits per heavy atom. The third-order valence-corrected chi connectivity index (χ3v) is 3.76. The maximum atomic E-state index is 13.2. The van der Waals surface area contributed by atoms with Crippen molar-refractivity contribution in [2.75, 3.05) is 19.1 Å². The average molecular weight is 268 g/mol. The van der Waals surface area contributed by atoms with Gasteiger partial charge in [-0.3, -0.25) is 9.11 Å². The van der Waals surface area contributed by atoms with Gasteiger partial charge in [0.05, 0.1) is 5.56 Å². The zero-order chi connectivity index (χ0) is 13.7. The van der Waals surface area contributed by atoms with E-state index in [0.29, 0.717) is 12.3 Å². The fourth-order valence-corrected chi connectivity index (χ4v) is 2.60. The molecular weight excluding hydrogens is 251 g/mol. The standard InChI is InChI=1S/C13H17FN2OS/c1-10(9-18(3)17)16(2)8-11-4-5-13(14)12(6-11)7-15/h4-6,10H,8-9H2,1-3H3. The van der Waals surface area contributed by atoms with Crippen LogP contribution in [0.5, 0.6) is 0 Å². The van der Waals surface area contributed by atoms with Gasteiger partial charge in [-0.25, -0.2) is 4.39 Å². The fraction of sp³-hybridized carbons (Fsp3) is 0.462. The van der Waals surface area contributed by atoms with Crippen molar-refractivity contribution < 1.29 is 8.60 Å². The summed E-state index contributed by atoms with van der Waals surface area (Å²) in [6.07, 6.45) is 1.68. The van der Waals surface area contributed by atoms with Crippen molar-refractivity contribution in [3.05, 3.63) is 35.1 Å². The first-order chi connectivity index (χ1) is 8.43. The molecule has 0 amide bonds. The molecule has 1 aromatic rings. The van der Waals surface area contributed by atoms with Crippen LogP contribution in [-0.2, 0) is 17.3 Å². The summed E-state index contributed by atoms with van der Waals surface area (Å²) in [6.45, 7) is 2.60. The lowest BCUT2D eigenvalue weighted by atomic mass is 10.1. The second-order valence-electron chi connectivity index (χ2n) is 4.43. The van der Waals surface area contributed by atoms with E-state index in [4.69, 9.17) is 5.26 Å². The number of rotatable bonds is 5. The van der Waals surface area contributed by atoms with Crippen LogP contribution in [0.3, 0.4) is 0 Å². The number of hydrogen-bond donors (Lipinski definition) is 0. The number of hydrogen-bond acceptors (Lipinski definition) is 3. The van der Waals surface area contributed by atoms with E-state index in [1.807, 2.05) is 24.9 Å². The summed E-state index contributed by atoms with van der Waals surface area (Å²) >= 11 is 0. The molecule has 0 bridgehead atoms. The summed E-state index contributed by atoms with van der Waals surface area (Å²) in [7, 11) is 1.09. The summed E-state index contributed by atoms with van der Waals surface area (Å²) in [6, 6.07) is 6.54. The number of halogens is 1. The third kappa shape index (κ3) is 4.21. The molecule has 0 radical (unpaired) electrons. The Balaban J connectivity index is 2.73. The molecule has 0 N–H and O–H groups in total. The first-order valence-corrected chi connectivity index (χ1v) is 7.35. The Morgan fingerprint density at radius 1 is 1.56 bits per heavy atom. The highest BCUT2D eigenvalue weighted by Crippen LogP contribution is 2.12. The van der Waals surface area contributed by atoms with Crippen LogP contribution >= 0.6 is 0 Å². The van der Waals surface area contributed by atoms with E-state index in [9.17, 15) is 8.60 Å². The molecule has 0 saturated heterocycles. The molecule has 2 atom stereocenters. The van der Waals surface area contributed by atoms with Gasteiger partial charge in [0.15, 0.2) is 0 Å². The summed E-state index contributed by atoms with van der Waals surface area (Å²) in [5.74, 6) is 0.106. The van der Waals surface area contributed by atoms with Gasteiger partial charge >= 0.3 is 0 Å². The molecule has 2 unspecified atom stereocenters. The van der Waals surface area contributed by atoms with Crippen LogP contribution in [0.4, 0.5) is 4.39 Å². The lowest BCUT2D eigenvalue weighted by Crippen LogP contribution is -2.32. The molecule has 0 spiro atoms. The summed E-state index contributed by atoms with van der Waals surface area (Å²) in [5, 5.41) is 8.76. The minimum Gasteiger partial charge on any atom is -0.299 e. The SMILES string of the molecule is CC(CS(C)=O)N(C)Cc1ccc(F)c(C#N)c1. The van der Waals surface area contributed by atoms with Gasteiger partial charge in [0, 0.05) is 35.4 Å². The van der Waals surface area contributed by atoms with Gasteiger partial charge in [-0.2, -0.15) is 5.26 Å². The molecule has 0 fully saturated rings. The minimum absolute atomic E-state index is 0.0626. The van der Waals surface area contributed by atoms with Crippen LogP contribution < -0.4 is 0 Å². The zero-order valence-electron chi connectivity index (χ0n) is 10.8. The highest BCUT2D eigenvalue weighted by atomic mass is 32.2. The average Bonchev–Trinajstić information content (AvgIpc) is 2.30. The molecule has 98 valence electrons. The van der Waals surface area contributed by atoms with Crippen molar-refractivity contribution in [3.63, 3.8) is 0 Å². The van der Waals surface area contributed by atoms with Crippen molar-refractivity contribution in [1.29, 1.82) is 5.26 Å². The maximum Gasteiger partial charge on any atom is 0.140 e. The quantitative estimate of drug-likeness (QED) is 0.819. The van der Waals surface area contributed by atoms with E-state index in [1.165, 1.54) is 6.07 Å². The van der Waals surface area contributed by atoms with Crippen molar-refractivity contribution in [2.45, 2.75) is 19.5 Å². The van der Waals surface area contributed by atoms with Gasteiger partial charge in [-0.05, 0) is 31.7 Å². The minimum atomic E-state index is -0.838. The van der Waals surface area contributed by atoms with Gasteiger partial charge in [-0.1, -0.05) is 6.07 Å². The van der Waals surface area contributed by atoms with E-state index in [-0.39, 0.29) is 11.6 Å². The normalized spacial score (nSPS) is 14.2. The zero-order valence-corrected chi connectivity index (χ0v) is 11.6. The largest absolute Gasteiger partial charge is 0.299 e. The lowest BCUT2D eigenvalue weighted by molar-refractivity contribution is 0.268. The molecule has 1 aromatic carbocycles. The molecule has 0 aliphatic carbocycles. The molecule has 5 heteroatoms. The van der Waals surface area contributed by atoms with Gasteiger partial charge < -0.3 is 0 Å². The number of benzene rings is 1. The van der Waals surface area contributed by atoms with Crippen molar-refractivity contribution >= 4 is 10.8 Å². The molecule has 0 aliphatic rings. The first kappa shape index (κ1) is 14.8. The smallest absolute Gasteiger partial charge is 0.140 e. The lowest BCUT2D eigenvalue weighted by Gasteiger charge is -2.24. The van der Waals surface area contributed by atoms with E-state index in [2.05, 4.69) is 0 Å². The van der Waals surface area contributed by atoms with E-state index < -0.39 is 16.6 Å². The van der Waals surface area contributed by atoms with Crippen LogP contribution in [0.2, 0.25) is 0 Å². The second-order valence-corrected chi connectivity index (χ2v) is 5.91. The van der Waals surface area contributed by atoms with Crippen LogP contribution in [-0.4, -0.2) is 34.2 Å². The fourth-order valence-electron chi connectivity index (χ4n) is 1.67. The Bertz CT molecular complexity index is 484. The Morgan fingerprint density at radius 2 is 2.22 bits per heavy atom. The Labute approximate surface area is 110 Å². The molecule has 0 saturated carbocycles. The van der Waals surface area contributed by atoms with Crippen molar-refractivity contribution in [3.8, 4) is 6.07 Å². The van der Waals surface area contributed by atoms with Crippen LogP contribution in [0, 0.1) is 17.1 Å². The van der Waals surface area contributed by atoms with Crippen molar-refractivity contribution in [2.24, 2.45) is 0 Å². The van der Waals surface area contributed by atoms with E-state index in [1.54, 1.807) is 18.4 Å². The van der Waals surface area contributed by atoms with E-state index in [0.717, 1.165) is 5.56 Å². The molecule has 1 rings (SSSR count). The number of nitriles is 1. The highest BCUT2D eigenvalue weighted by molar-refractivity contribution is 7.84. The first-order valence-electron chi connectivity index (χ1n) is 5.63. The van der Waals surface area contributed by atoms with Crippen LogP contribution in [0.1, 0.15) is 18.1 Å². The van der Waals surface area contributed by atoms with Gasteiger partial charge in [0.2, 0.25) is 0 Å². The maximum absolute atomic E-state index is 13.2. The van der Waals surface area contributed by atoms with E-state index >= 15 is 0 Å². The van der Waals surface area contributed by atoms with Crippen LogP contribution in [0.15, 0.2) is 18.2 Å². The van der Waals surface area contributed by atoms with Crippen molar-refractivity contribution in [1.82, 2.24) is 4.90 Å². The monoisotopic (exact) mass is 268 g/mol. The Hall–Kier alpha value is -1.25. The van der Waals surface area contributed by atoms with Gasteiger partial charge in [-0.15, -0.1) is 0 Å². The number of nitrogens with zero attached hydrogens (tertiary/aromatic N) is 2. The summed E-state index contributed by atoms with van der Waals surface area (Å²) in [4.78, 5) is 2.04.